The maximum absolute atomic E-state index is 5.47. The molecule has 1 unspecified atom stereocenters. The summed E-state index contributed by atoms with van der Waals surface area (Å²) in [6.07, 6.45) is 0. The lowest BCUT2D eigenvalue weighted by Gasteiger charge is -2.16. The van der Waals surface area contributed by atoms with E-state index in [9.17, 15) is 0 Å². The lowest BCUT2D eigenvalue weighted by molar-refractivity contribution is 0.410. The van der Waals surface area contributed by atoms with Crippen molar-refractivity contribution in [2.24, 2.45) is 0 Å². The number of hydrogen-bond donors (Lipinski definition) is 0. The minimum atomic E-state index is 0.857. The molecule has 0 saturated heterocycles. The monoisotopic (exact) mass is 260 g/mol. The highest BCUT2D eigenvalue weighted by Gasteiger charge is 2.15. The summed E-state index contributed by atoms with van der Waals surface area (Å²) in [5.74, 6) is 1.72. The van der Waals surface area contributed by atoms with E-state index in [2.05, 4.69) is 28.3 Å². The van der Waals surface area contributed by atoms with E-state index in [4.69, 9.17) is 9.47 Å². The molecule has 0 amide bonds. The Morgan fingerprint density at radius 3 is 2.00 bits per heavy atom. The highest BCUT2D eigenvalue weighted by molar-refractivity contribution is 7.28. The van der Waals surface area contributed by atoms with Gasteiger partial charge in [0.2, 0.25) is 0 Å². The third kappa shape index (κ3) is 2.21. The molecular formula is C15H17O2P. The van der Waals surface area contributed by atoms with Crippen LogP contribution in [0.3, 0.4) is 0 Å². The molecule has 0 radical (unpaired) electrons. The topological polar surface area (TPSA) is 18.5 Å². The van der Waals surface area contributed by atoms with Crippen LogP contribution in [-0.2, 0) is 0 Å². The Labute approximate surface area is 110 Å². The SMILES string of the molecule is COc1cccc(C)c1-c1c(P)cccc1OC. The number of hydrogen-bond acceptors (Lipinski definition) is 2. The van der Waals surface area contributed by atoms with Gasteiger partial charge in [-0.25, -0.2) is 0 Å². The van der Waals surface area contributed by atoms with Gasteiger partial charge in [0.1, 0.15) is 11.5 Å². The zero-order chi connectivity index (χ0) is 13.1. The summed E-state index contributed by atoms with van der Waals surface area (Å²) in [6.45, 7) is 2.08. The second-order valence-corrected chi connectivity index (χ2v) is 4.70. The molecule has 18 heavy (non-hydrogen) atoms. The van der Waals surface area contributed by atoms with Gasteiger partial charge in [0.15, 0.2) is 0 Å². The first-order chi connectivity index (χ1) is 8.69. The van der Waals surface area contributed by atoms with Crippen molar-refractivity contribution in [2.75, 3.05) is 14.2 Å². The normalized spacial score (nSPS) is 10.2. The van der Waals surface area contributed by atoms with Crippen LogP contribution in [0.4, 0.5) is 0 Å². The van der Waals surface area contributed by atoms with Gasteiger partial charge in [-0.3, -0.25) is 0 Å². The molecule has 0 bridgehead atoms. The van der Waals surface area contributed by atoms with E-state index in [1.54, 1.807) is 14.2 Å². The van der Waals surface area contributed by atoms with Gasteiger partial charge >= 0.3 is 0 Å². The van der Waals surface area contributed by atoms with E-state index in [-0.39, 0.29) is 0 Å². The van der Waals surface area contributed by atoms with Crippen molar-refractivity contribution >= 4 is 14.5 Å². The molecule has 2 aromatic carbocycles. The minimum absolute atomic E-state index is 0.857. The predicted octanol–water partition coefficient (Wildman–Crippen LogP) is 3.18. The first-order valence-electron chi connectivity index (χ1n) is 5.75. The third-order valence-electron chi connectivity index (χ3n) is 2.98. The average Bonchev–Trinajstić information content (AvgIpc) is 2.38. The van der Waals surface area contributed by atoms with Gasteiger partial charge in [-0.15, -0.1) is 9.24 Å². The molecule has 0 aliphatic heterocycles. The Kier molecular flexibility index (Phi) is 3.88. The van der Waals surface area contributed by atoms with E-state index in [0.717, 1.165) is 27.9 Å². The molecule has 0 heterocycles. The summed E-state index contributed by atoms with van der Waals surface area (Å²) in [5.41, 5.74) is 3.32. The van der Waals surface area contributed by atoms with Gasteiger partial charge in [0.05, 0.1) is 14.2 Å². The Hall–Kier alpha value is -1.53. The number of benzene rings is 2. The number of rotatable bonds is 3. The van der Waals surface area contributed by atoms with Crippen molar-refractivity contribution in [3.8, 4) is 22.6 Å². The van der Waals surface area contributed by atoms with E-state index in [1.807, 2.05) is 24.3 Å². The summed E-state index contributed by atoms with van der Waals surface area (Å²) < 4.78 is 10.9. The molecule has 0 aliphatic rings. The molecule has 0 aliphatic carbocycles. The fourth-order valence-electron chi connectivity index (χ4n) is 2.12. The zero-order valence-corrected chi connectivity index (χ0v) is 12.0. The smallest absolute Gasteiger partial charge is 0.127 e. The maximum Gasteiger partial charge on any atom is 0.127 e. The van der Waals surface area contributed by atoms with E-state index < -0.39 is 0 Å². The third-order valence-corrected chi connectivity index (χ3v) is 3.46. The largest absolute Gasteiger partial charge is 0.496 e. The van der Waals surface area contributed by atoms with Crippen molar-refractivity contribution < 1.29 is 9.47 Å². The van der Waals surface area contributed by atoms with Gasteiger partial charge in [-0.1, -0.05) is 24.3 Å². The average molecular weight is 260 g/mol. The molecule has 0 spiro atoms. The molecular weight excluding hydrogens is 243 g/mol. The fraction of sp³-hybridized carbons (Fsp3) is 0.200. The predicted molar refractivity (Wildman–Crippen MR) is 79.1 cm³/mol. The molecule has 3 heteroatoms. The van der Waals surface area contributed by atoms with Crippen molar-refractivity contribution in [3.63, 3.8) is 0 Å². The molecule has 1 atom stereocenters. The van der Waals surface area contributed by atoms with Crippen LogP contribution in [0.25, 0.3) is 11.1 Å². The molecule has 0 fully saturated rings. The highest BCUT2D eigenvalue weighted by atomic mass is 31.0. The van der Waals surface area contributed by atoms with Crippen molar-refractivity contribution in [1.82, 2.24) is 0 Å². The second-order valence-electron chi connectivity index (χ2n) is 4.08. The van der Waals surface area contributed by atoms with Crippen LogP contribution in [0.1, 0.15) is 5.56 Å². The van der Waals surface area contributed by atoms with Crippen LogP contribution in [0.5, 0.6) is 11.5 Å². The number of ether oxygens (including phenoxy) is 2. The van der Waals surface area contributed by atoms with E-state index in [0.29, 0.717) is 0 Å². The lowest BCUT2D eigenvalue weighted by Crippen LogP contribution is -2.03. The van der Waals surface area contributed by atoms with Gasteiger partial charge in [0, 0.05) is 11.1 Å². The Morgan fingerprint density at radius 2 is 1.39 bits per heavy atom. The first-order valence-corrected chi connectivity index (χ1v) is 6.33. The van der Waals surface area contributed by atoms with E-state index >= 15 is 0 Å². The maximum atomic E-state index is 5.47. The van der Waals surface area contributed by atoms with Crippen molar-refractivity contribution in [2.45, 2.75) is 6.92 Å². The summed E-state index contributed by atoms with van der Waals surface area (Å²) in [7, 11) is 6.13. The van der Waals surface area contributed by atoms with Gasteiger partial charge in [0.25, 0.3) is 0 Å². The van der Waals surface area contributed by atoms with Crippen molar-refractivity contribution in [1.29, 1.82) is 0 Å². The first kappa shape index (κ1) is 12.9. The van der Waals surface area contributed by atoms with Crippen LogP contribution >= 0.6 is 9.24 Å². The van der Waals surface area contributed by atoms with Gasteiger partial charge in [-0.05, 0) is 29.9 Å². The van der Waals surface area contributed by atoms with Crippen LogP contribution in [0.2, 0.25) is 0 Å². The molecule has 2 rings (SSSR count). The number of aryl methyl sites for hydroxylation is 1. The second kappa shape index (κ2) is 5.41. The van der Waals surface area contributed by atoms with Crippen molar-refractivity contribution in [3.05, 3.63) is 42.0 Å². The molecule has 2 nitrogen and oxygen atoms in total. The number of methoxy groups -OCH3 is 2. The Bertz CT molecular complexity index is 513. The van der Waals surface area contributed by atoms with Gasteiger partial charge < -0.3 is 9.47 Å². The van der Waals surface area contributed by atoms with Gasteiger partial charge in [-0.2, -0.15) is 0 Å². The van der Waals surface area contributed by atoms with Crippen LogP contribution in [0, 0.1) is 6.92 Å². The summed E-state index contributed by atoms with van der Waals surface area (Å²) >= 11 is 0. The molecule has 2 aromatic rings. The molecule has 0 N–H and O–H groups in total. The summed E-state index contributed by atoms with van der Waals surface area (Å²) in [4.78, 5) is 0. The van der Waals surface area contributed by atoms with E-state index in [1.165, 1.54) is 5.56 Å². The molecule has 94 valence electrons. The Balaban J connectivity index is 2.76. The summed E-state index contributed by atoms with van der Waals surface area (Å²) in [5, 5.41) is 1.10. The standard InChI is InChI=1S/C15H17O2P/c1-10-6-4-7-11(16-2)14(10)15-12(17-3)8-5-9-13(15)18/h4-9H,18H2,1-3H3. The lowest BCUT2D eigenvalue weighted by atomic mass is 9.98. The van der Waals surface area contributed by atoms with Crippen LogP contribution in [-0.4, -0.2) is 14.2 Å². The fourth-order valence-corrected chi connectivity index (χ4v) is 2.51. The molecule has 0 aromatic heterocycles. The van der Waals surface area contributed by atoms with Crippen LogP contribution < -0.4 is 14.8 Å². The minimum Gasteiger partial charge on any atom is -0.496 e. The zero-order valence-electron chi connectivity index (χ0n) is 10.9. The Morgan fingerprint density at radius 1 is 0.833 bits per heavy atom. The quantitative estimate of drug-likeness (QED) is 0.789. The summed E-state index contributed by atoms with van der Waals surface area (Å²) in [6, 6.07) is 12.0. The highest BCUT2D eigenvalue weighted by Crippen LogP contribution is 2.38. The van der Waals surface area contributed by atoms with Crippen LogP contribution in [0.15, 0.2) is 36.4 Å². The molecule has 0 saturated carbocycles.